The zero-order chi connectivity index (χ0) is 7.11. The summed E-state index contributed by atoms with van der Waals surface area (Å²) in [5.41, 5.74) is 0. The second-order valence-electron chi connectivity index (χ2n) is 1.22. The Morgan fingerprint density at radius 2 is 1.67 bits per heavy atom. The van der Waals surface area contributed by atoms with E-state index in [1.54, 1.807) is 24.3 Å². The van der Waals surface area contributed by atoms with Crippen LogP contribution in [0.2, 0.25) is 5.02 Å². The minimum atomic E-state index is 0.763. The van der Waals surface area contributed by atoms with Crippen molar-refractivity contribution in [2.24, 2.45) is 0 Å². The molecule has 0 saturated carbocycles. The van der Waals surface area contributed by atoms with Crippen LogP contribution in [0.1, 0.15) is 0 Å². The molecule has 0 atom stereocenters. The van der Waals surface area contributed by atoms with Crippen LogP contribution in [0.4, 0.5) is 0 Å². The Kier molecular flexibility index (Phi) is 6.85. The first-order chi connectivity index (χ1) is 4.39. The van der Waals surface area contributed by atoms with Crippen LogP contribution >= 0.6 is 21.3 Å². The summed E-state index contributed by atoms with van der Waals surface area (Å²) in [5.74, 6) is 0. The number of hydrogen-bond acceptors (Lipinski definition) is 0. The van der Waals surface area contributed by atoms with Crippen molar-refractivity contribution in [1.82, 2.24) is 0 Å². The molecule has 0 spiro atoms. The second-order valence-corrected chi connectivity index (χ2v) is 1.65. The first-order valence-corrected chi connectivity index (χ1v) is 6.55. The molecule has 0 aromatic heterocycles. The Morgan fingerprint density at radius 1 is 1.22 bits per heavy atom. The molecule has 0 amide bonds. The third kappa shape index (κ3) is 4.90. The van der Waals surface area contributed by atoms with Gasteiger partial charge in [0.15, 0.2) is 0 Å². The minimum absolute atomic E-state index is 0.763. The van der Waals surface area contributed by atoms with E-state index >= 15 is 0 Å². The van der Waals surface area contributed by atoms with Crippen LogP contribution in [-0.2, 0) is 17.3 Å². The molecule has 0 bridgehead atoms. The molecule has 0 N–H and O–H groups in total. The van der Waals surface area contributed by atoms with Crippen molar-refractivity contribution < 1.29 is 17.3 Å². The third-order valence-corrected chi connectivity index (χ3v) is 0.930. The normalized spacial score (nSPS) is 7.56. The van der Waals surface area contributed by atoms with E-state index < -0.39 is 0 Å². The fourth-order valence-corrected chi connectivity index (χ4v) is 0.493. The summed E-state index contributed by atoms with van der Waals surface area (Å²) in [5, 5.41) is 0.763. The maximum absolute atomic E-state index is 5.52. The van der Waals surface area contributed by atoms with Crippen LogP contribution in [0, 0.1) is 6.07 Å². The fraction of sp³-hybridized carbons (Fsp3) is 0. The van der Waals surface area contributed by atoms with E-state index in [1.165, 1.54) is 0 Å². The molecule has 0 aliphatic heterocycles. The van der Waals surface area contributed by atoms with Crippen LogP contribution in [0.5, 0.6) is 0 Å². The van der Waals surface area contributed by atoms with Crippen molar-refractivity contribution >= 4 is 21.3 Å². The van der Waals surface area contributed by atoms with E-state index in [1.807, 2.05) is 0 Å². The molecular formula is C6H4Cl2Zn. The molecule has 0 nitrogen and oxygen atoms in total. The summed E-state index contributed by atoms with van der Waals surface area (Å²) < 4.78 is 0. The summed E-state index contributed by atoms with van der Waals surface area (Å²) in [6.07, 6.45) is 0. The van der Waals surface area contributed by atoms with Gasteiger partial charge in [-0.3, -0.25) is 0 Å². The van der Waals surface area contributed by atoms with Gasteiger partial charge in [0.2, 0.25) is 0 Å². The molecule has 1 aromatic carbocycles. The number of rotatable bonds is 0. The first-order valence-electron chi connectivity index (χ1n) is 2.28. The van der Waals surface area contributed by atoms with Gasteiger partial charge in [0.05, 0.1) is 0 Å². The average Bonchev–Trinajstić information content (AvgIpc) is 1.94. The first kappa shape index (κ1) is 9.42. The number of benzene rings is 1. The summed E-state index contributed by atoms with van der Waals surface area (Å²) in [6, 6.07) is 10.00. The molecule has 0 fully saturated rings. The van der Waals surface area contributed by atoms with Crippen molar-refractivity contribution in [2.45, 2.75) is 0 Å². The van der Waals surface area contributed by atoms with Crippen molar-refractivity contribution in [1.29, 1.82) is 0 Å². The van der Waals surface area contributed by atoms with Gasteiger partial charge in [-0.25, -0.2) is 0 Å². The molecule has 0 radical (unpaired) electrons. The van der Waals surface area contributed by atoms with E-state index in [9.17, 15) is 0 Å². The summed E-state index contributed by atoms with van der Waals surface area (Å²) >= 11 is 6.37. The van der Waals surface area contributed by atoms with E-state index in [0.29, 0.717) is 0 Å². The van der Waals surface area contributed by atoms with Crippen LogP contribution in [-0.4, -0.2) is 0 Å². The summed E-state index contributed by atoms with van der Waals surface area (Å²) in [6.45, 7) is 0. The number of halogens is 2. The van der Waals surface area contributed by atoms with Crippen molar-refractivity contribution in [3.8, 4) is 0 Å². The second kappa shape index (κ2) is 6.54. The van der Waals surface area contributed by atoms with Crippen LogP contribution in [0.25, 0.3) is 0 Å². The van der Waals surface area contributed by atoms with Gasteiger partial charge in [-0.15, -0.1) is 11.6 Å². The van der Waals surface area contributed by atoms with Gasteiger partial charge in [-0.1, -0.05) is 5.02 Å². The Hall–Kier alpha value is 0.423. The van der Waals surface area contributed by atoms with Crippen molar-refractivity contribution in [2.75, 3.05) is 0 Å². The fourth-order valence-electron chi connectivity index (χ4n) is 0.367. The quantitative estimate of drug-likeness (QED) is 0.458. The zero-order valence-electron chi connectivity index (χ0n) is 4.77. The van der Waals surface area contributed by atoms with Gasteiger partial charge in [0, 0.05) is 0 Å². The van der Waals surface area contributed by atoms with Crippen molar-refractivity contribution in [3.05, 3.63) is 35.4 Å². The SMILES string of the molecule is Clc1cc[c-]cc1.[Cl][Zn+]. The van der Waals surface area contributed by atoms with E-state index in [0.717, 1.165) is 22.3 Å². The predicted octanol–water partition coefficient (Wildman–Crippen LogP) is 2.83. The molecule has 0 aliphatic rings. The Balaban J connectivity index is 0.000000291. The van der Waals surface area contributed by atoms with Gasteiger partial charge >= 0.3 is 27.0 Å². The molecule has 0 aliphatic carbocycles. The van der Waals surface area contributed by atoms with Crippen LogP contribution in [0.15, 0.2) is 24.3 Å². The number of hydrogen-bond donors (Lipinski definition) is 0. The molecule has 1 aromatic rings. The standard InChI is InChI=1S/C6H4Cl.ClH.Zn/c7-6-4-2-1-3-5-6;;/h2-5H;1H;/q-1;;+2/p-1. The summed E-state index contributed by atoms with van der Waals surface area (Å²) in [4.78, 5) is 0. The molecular weight excluding hydrogens is 208 g/mol. The van der Waals surface area contributed by atoms with Gasteiger partial charge in [-0.05, 0) is 0 Å². The van der Waals surface area contributed by atoms with Crippen LogP contribution in [0.3, 0.4) is 0 Å². The Morgan fingerprint density at radius 3 is 1.89 bits per heavy atom. The van der Waals surface area contributed by atoms with E-state index in [2.05, 4.69) is 6.07 Å². The van der Waals surface area contributed by atoms with Gasteiger partial charge in [-0.2, -0.15) is 30.3 Å². The molecule has 3 heteroatoms. The third-order valence-electron chi connectivity index (χ3n) is 0.678. The summed E-state index contributed by atoms with van der Waals surface area (Å²) in [7, 11) is 4.76. The maximum atomic E-state index is 5.52. The van der Waals surface area contributed by atoms with Gasteiger partial charge in [0.25, 0.3) is 0 Å². The average molecular weight is 212 g/mol. The Bertz CT molecular complexity index is 141. The monoisotopic (exact) mass is 210 g/mol. The molecule has 0 saturated heterocycles. The Labute approximate surface area is 73.9 Å². The molecule has 0 heterocycles. The predicted molar refractivity (Wildman–Crippen MR) is 36.1 cm³/mol. The molecule has 44 valence electrons. The topological polar surface area (TPSA) is 0 Å². The van der Waals surface area contributed by atoms with Gasteiger partial charge < -0.3 is 0 Å². The van der Waals surface area contributed by atoms with Crippen LogP contribution < -0.4 is 0 Å². The van der Waals surface area contributed by atoms with E-state index in [4.69, 9.17) is 21.3 Å². The van der Waals surface area contributed by atoms with Crippen molar-refractivity contribution in [3.63, 3.8) is 0 Å². The molecule has 0 unspecified atom stereocenters. The van der Waals surface area contributed by atoms with Gasteiger partial charge in [0.1, 0.15) is 0 Å². The zero-order valence-corrected chi connectivity index (χ0v) is 9.25. The molecule has 1 rings (SSSR count). The molecule has 9 heavy (non-hydrogen) atoms. The van der Waals surface area contributed by atoms with E-state index in [-0.39, 0.29) is 0 Å².